The normalized spacial score (nSPS) is 16.2. The Morgan fingerprint density at radius 2 is 2.05 bits per heavy atom. The third kappa shape index (κ3) is 4.71. The molecule has 0 saturated carbocycles. The van der Waals surface area contributed by atoms with Crippen molar-refractivity contribution in [3.8, 4) is 5.75 Å². The molecule has 0 atom stereocenters. The molecule has 1 aromatic carbocycles. The van der Waals surface area contributed by atoms with Crippen LogP contribution in [-0.2, 0) is 11.3 Å². The molecule has 21 heavy (non-hydrogen) atoms. The van der Waals surface area contributed by atoms with Crippen LogP contribution < -0.4 is 10.2 Å². The standard InChI is InChI=1S/C15H24BNO4/c1-17(10-12-5-7-21-8-6-12)11-13-9-14(16(18)19)3-4-15(13)20-2/h3-4,9,12,18-19H,5-8,10-11H2,1-2H3. The molecular formula is C15H24BNO4. The Morgan fingerprint density at radius 1 is 1.33 bits per heavy atom. The van der Waals surface area contributed by atoms with Gasteiger partial charge in [-0.2, -0.15) is 0 Å². The molecule has 0 spiro atoms. The van der Waals surface area contributed by atoms with Gasteiger partial charge in [0.1, 0.15) is 5.75 Å². The first-order chi connectivity index (χ1) is 10.1. The quantitative estimate of drug-likeness (QED) is 0.735. The van der Waals surface area contributed by atoms with Gasteiger partial charge in [0.2, 0.25) is 0 Å². The SMILES string of the molecule is COc1ccc(B(O)O)cc1CN(C)CC1CCOCC1. The van der Waals surface area contributed by atoms with Crippen molar-refractivity contribution >= 4 is 12.6 Å². The van der Waals surface area contributed by atoms with Crippen molar-refractivity contribution in [2.75, 3.05) is 33.9 Å². The van der Waals surface area contributed by atoms with Crippen molar-refractivity contribution in [1.82, 2.24) is 4.90 Å². The lowest BCUT2D eigenvalue weighted by atomic mass is 9.79. The summed E-state index contributed by atoms with van der Waals surface area (Å²) in [5.41, 5.74) is 1.46. The van der Waals surface area contributed by atoms with Gasteiger partial charge in [-0.25, -0.2) is 0 Å². The van der Waals surface area contributed by atoms with Gasteiger partial charge in [-0.05, 0) is 37.3 Å². The van der Waals surface area contributed by atoms with Crippen LogP contribution in [0.1, 0.15) is 18.4 Å². The maximum absolute atomic E-state index is 9.29. The number of methoxy groups -OCH3 is 1. The number of hydrogen-bond acceptors (Lipinski definition) is 5. The third-order valence-electron chi connectivity index (χ3n) is 3.95. The van der Waals surface area contributed by atoms with Gasteiger partial charge in [0.25, 0.3) is 0 Å². The van der Waals surface area contributed by atoms with E-state index in [2.05, 4.69) is 11.9 Å². The van der Waals surface area contributed by atoms with Crippen molar-refractivity contribution < 1.29 is 19.5 Å². The fourth-order valence-electron chi connectivity index (χ4n) is 2.81. The van der Waals surface area contributed by atoms with E-state index in [1.54, 1.807) is 25.3 Å². The molecule has 0 radical (unpaired) electrons. The van der Waals surface area contributed by atoms with Gasteiger partial charge in [0.05, 0.1) is 7.11 Å². The van der Waals surface area contributed by atoms with Gasteiger partial charge in [0, 0.05) is 31.9 Å². The molecule has 6 heteroatoms. The van der Waals surface area contributed by atoms with Crippen molar-refractivity contribution in [3.05, 3.63) is 23.8 Å². The molecule has 1 aromatic rings. The molecule has 1 aliphatic heterocycles. The summed E-state index contributed by atoms with van der Waals surface area (Å²) in [4.78, 5) is 2.25. The van der Waals surface area contributed by atoms with Gasteiger partial charge in [-0.1, -0.05) is 12.1 Å². The monoisotopic (exact) mass is 293 g/mol. The molecule has 5 nitrogen and oxygen atoms in total. The topological polar surface area (TPSA) is 62.2 Å². The van der Waals surface area contributed by atoms with Crippen LogP contribution in [0.2, 0.25) is 0 Å². The summed E-state index contributed by atoms with van der Waals surface area (Å²) in [7, 11) is 2.26. The smallest absolute Gasteiger partial charge is 0.488 e. The molecule has 0 bridgehead atoms. The summed E-state index contributed by atoms with van der Waals surface area (Å²) in [6.07, 6.45) is 2.22. The van der Waals surface area contributed by atoms with Crippen molar-refractivity contribution in [1.29, 1.82) is 0 Å². The molecular weight excluding hydrogens is 269 g/mol. The zero-order valence-electron chi connectivity index (χ0n) is 12.8. The summed E-state index contributed by atoms with van der Waals surface area (Å²) in [5, 5.41) is 18.6. The fraction of sp³-hybridized carbons (Fsp3) is 0.600. The van der Waals surface area contributed by atoms with Gasteiger partial charge in [0.15, 0.2) is 0 Å². The molecule has 0 amide bonds. The second-order valence-corrected chi connectivity index (χ2v) is 5.70. The molecule has 1 saturated heterocycles. The summed E-state index contributed by atoms with van der Waals surface area (Å²) in [6, 6.07) is 5.25. The van der Waals surface area contributed by atoms with Crippen LogP contribution in [0.15, 0.2) is 18.2 Å². The van der Waals surface area contributed by atoms with Gasteiger partial charge >= 0.3 is 7.12 Å². The average Bonchev–Trinajstić information content (AvgIpc) is 2.48. The summed E-state index contributed by atoms with van der Waals surface area (Å²) in [5.74, 6) is 1.44. The number of ether oxygens (including phenoxy) is 2. The molecule has 2 rings (SSSR count). The predicted molar refractivity (Wildman–Crippen MR) is 82.7 cm³/mol. The van der Waals surface area contributed by atoms with Crippen LogP contribution in [0.25, 0.3) is 0 Å². The maximum Gasteiger partial charge on any atom is 0.488 e. The van der Waals surface area contributed by atoms with Crippen LogP contribution >= 0.6 is 0 Å². The minimum absolute atomic E-state index is 0.491. The van der Waals surface area contributed by atoms with Gasteiger partial charge < -0.3 is 24.4 Å². The van der Waals surface area contributed by atoms with Crippen LogP contribution in [0.4, 0.5) is 0 Å². The zero-order chi connectivity index (χ0) is 15.2. The second kappa shape index (κ2) is 7.80. The Balaban J connectivity index is 2.00. The highest BCUT2D eigenvalue weighted by atomic mass is 16.5. The summed E-state index contributed by atoms with van der Waals surface area (Å²) >= 11 is 0. The number of benzene rings is 1. The molecule has 0 aromatic heterocycles. The van der Waals surface area contributed by atoms with E-state index in [1.165, 1.54) is 0 Å². The Hall–Kier alpha value is -1.08. The van der Waals surface area contributed by atoms with E-state index in [4.69, 9.17) is 9.47 Å². The van der Waals surface area contributed by atoms with Crippen LogP contribution in [-0.4, -0.2) is 56.0 Å². The highest BCUT2D eigenvalue weighted by Crippen LogP contribution is 2.20. The van der Waals surface area contributed by atoms with Crippen LogP contribution in [0.5, 0.6) is 5.75 Å². The van der Waals surface area contributed by atoms with Gasteiger partial charge in [-0.3, -0.25) is 0 Å². The highest BCUT2D eigenvalue weighted by Gasteiger charge is 2.18. The third-order valence-corrected chi connectivity index (χ3v) is 3.95. The Morgan fingerprint density at radius 3 is 2.67 bits per heavy atom. The fourth-order valence-corrected chi connectivity index (χ4v) is 2.81. The number of nitrogens with zero attached hydrogens (tertiary/aromatic N) is 1. The van der Waals surface area contributed by atoms with E-state index in [0.717, 1.165) is 50.5 Å². The number of hydrogen-bond donors (Lipinski definition) is 2. The van der Waals surface area contributed by atoms with E-state index < -0.39 is 7.12 Å². The van der Waals surface area contributed by atoms with E-state index in [9.17, 15) is 10.0 Å². The first-order valence-electron chi connectivity index (χ1n) is 7.39. The van der Waals surface area contributed by atoms with Crippen molar-refractivity contribution in [2.45, 2.75) is 19.4 Å². The van der Waals surface area contributed by atoms with Crippen LogP contribution in [0.3, 0.4) is 0 Å². The van der Waals surface area contributed by atoms with Crippen LogP contribution in [0, 0.1) is 5.92 Å². The first-order valence-corrected chi connectivity index (χ1v) is 7.39. The molecule has 1 fully saturated rings. The first kappa shape index (κ1) is 16.3. The van der Waals surface area contributed by atoms with E-state index >= 15 is 0 Å². The molecule has 1 aliphatic rings. The molecule has 1 heterocycles. The second-order valence-electron chi connectivity index (χ2n) is 5.70. The minimum Gasteiger partial charge on any atom is -0.496 e. The lowest BCUT2D eigenvalue weighted by Gasteiger charge is -2.27. The Kier molecular flexibility index (Phi) is 6.05. The van der Waals surface area contributed by atoms with Gasteiger partial charge in [-0.15, -0.1) is 0 Å². The summed E-state index contributed by atoms with van der Waals surface area (Å²) in [6.45, 7) is 3.45. The molecule has 0 unspecified atom stereocenters. The molecule has 0 aliphatic carbocycles. The highest BCUT2D eigenvalue weighted by molar-refractivity contribution is 6.58. The van der Waals surface area contributed by atoms with E-state index in [1.807, 2.05) is 0 Å². The van der Waals surface area contributed by atoms with E-state index in [0.29, 0.717) is 11.4 Å². The lowest BCUT2D eigenvalue weighted by Crippen LogP contribution is -2.32. The Labute approximate surface area is 126 Å². The maximum atomic E-state index is 9.29. The average molecular weight is 293 g/mol. The summed E-state index contributed by atoms with van der Waals surface area (Å²) < 4.78 is 10.7. The van der Waals surface area contributed by atoms with Crippen molar-refractivity contribution in [2.24, 2.45) is 5.92 Å². The van der Waals surface area contributed by atoms with Crippen molar-refractivity contribution in [3.63, 3.8) is 0 Å². The lowest BCUT2D eigenvalue weighted by molar-refractivity contribution is 0.0549. The minimum atomic E-state index is -1.45. The molecule has 2 N–H and O–H groups in total. The largest absolute Gasteiger partial charge is 0.496 e. The Bertz CT molecular complexity index is 449. The molecule has 116 valence electrons. The predicted octanol–water partition coefficient (Wildman–Crippen LogP) is 0.233. The zero-order valence-corrected chi connectivity index (χ0v) is 12.8. The number of rotatable bonds is 6. The van der Waals surface area contributed by atoms with E-state index in [-0.39, 0.29) is 0 Å².